The third-order valence-electron chi connectivity index (χ3n) is 4.16. The maximum Gasteiger partial charge on any atom is 0.222 e. The van der Waals surface area contributed by atoms with Gasteiger partial charge in [-0.15, -0.1) is 0 Å². The van der Waals surface area contributed by atoms with Gasteiger partial charge in [0.1, 0.15) is 13.1 Å². The predicted molar refractivity (Wildman–Crippen MR) is 82.4 cm³/mol. The normalized spacial score (nSPS) is 23.2. The maximum absolute atomic E-state index is 9.24. The molecule has 1 unspecified atom stereocenters. The summed E-state index contributed by atoms with van der Waals surface area (Å²) in [6, 6.07) is 0. The highest BCUT2D eigenvalue weighted by Gasteiger charge is 2.34. The van der Waals surface area contributed by atoms with Gasteiger partial charge in [0.25, 0.3) is 0 Å². The summed E-state index contributed by atoms with van der Waals surface area (Å²) in [5, 5.41) is 9.24. The van der Waals surface area contributed by atoms with Crippen LogP contribution in [0.5, 0.6) is 0 Å². The number of quaternary nitrogens is 1. The molecule has 1 heterocycles. The van der Waals surface area contributed by atoms with Crippen LogP contribution in [0, 0.1) is 0 Å². The average Bonchev–Trinajstić information content (AvgIpc) is 2.82. The van der Waals surface area contributed by atoms with Gasteiger partial charge in [-0.3, -0.25) is 4.48 Å². The highest BCUT2D eigenvalue weighted by molar-refractivity contribution is 5.88. The summed E-state index contributed by atoms with van der Waals surface area (Å²) >= 11 is 0. The Morgan fingerprint density at radius 3 is 2.68 bits per heavy atom. The Morgan fingerprint density at radius 2 is 2.00 bits per heavy atom. The second-order valence-electron chi connectivity index (χ2n) is 5.48. The topological polar surface area (TPSA) is 32.6 Å². The van der Waals surface area contributed by atoms with E-state index in [0.29, 0.717) is 0 Å². The summed E-state index contributed by atoms with van der Waals surface area (Å²) in [6.07, 6.45) is 12.3. The van der Waals surface area contributed by atoms with E-state index in [1.807, 2.05) is 0 Å². The molecule has 1 atom stereocenters. The zero-order valence-corrected chi connectivity index (χ0v) is 12.8. The van der Waals surface area contributed by atoms with Gasteiger partial charge in [-0.2, -0.15) is 0 Å². The summed E-state index contributed by atoms with van der Waals surface area (Å²) in [7, 11) is 0. The average molecular weight is 267 g/mol. The highest BCUT2D eigenvalue weighted by Crippen LogP contribution is 2.16. The van der Waals surface area contributed by atoms with E-state index in [-0.39, 0.29) is 6.61 Å². The molecule has 0 saturated heterocycles. The summed E-state index contributed by atoms with van der Waals surface area (Å²) < 4.78 is 0.864. The molecule has 1 aliphatic rings. The first-order valence-corrected chi connectivity index (χ1v) is 7.97. The zero-order valence-electron chi connectivity index (χ0n) is 12.8. The second-order valence-corrected chi connectivity index (χ2v) is 5.48. The monoisotopic (exact) mass is 267 g/mol. The molecule has 0 saturated carbocycles. The molecule has 110 valence electrons. The van der Waals surface area contributed by atoms with Crippen LogP contribution in [0.2, 0.25) is 0 Å². The third kappa shape index (κ3) is 5.07. The van der Waals surface area contributed by atoms with Gasteiger partial charge < -0.3 is 5.11 Å². The molecular weight excluding hydrogens is 236 g/mol. The molecular formula is C16H31N2O+. The minimum atomic E-state index is 0.248. The Hall–Kier alpha value is -0.670. The Morgan fingerprint density at radius 1 is 1.21 bits per heavy atom. The van der Waals surface area contributed by atoms with Gasteiger partial charge >= 0.3 is 0 Å². The Kier molecular flexibility index (Phi) is 7.99. The fourth-order valence-corrected chi connectivity index (χ4v) is 2.78. The first kappa shape index (κ1) is 16.4. The van der Waals surface area contributed by atoms with Gasteiger partial charge in [0.05, 0.1) is 19.7 Å². The van der Waals surface area contributed by atoms with E-state index in [0.717, 1.165) is 37.1 Å². The van der Waals surface area contributed by atoms with Gasteiger partial charge in [-0.05, 0) is 19.8 Å². The Balaban J connectivity index is 2.34. The van der Waals surface area contributed by atoms with Crippen molar-refractivity contribution in [1.82, 2.24) is 0 Å². The number of allylic oxidation sites excluding steroid dienone is 1. The highest BCUT2D eigenvalue weighted by atomic mass is 16.3. The number of nitrogens with zero attached hydrogens (tertiary/aromatic N) is 2. The molecule has 0 aromatic heterocycles. The Labute approximate surface area is 118 Å². The van der Waals surface area contributed by atoms with Crippen molar-refractivity contribution in [3.8, 4) is 0 Å². The predicted octanol–water partition coefficient (Wildman–Crippen LogP) is 3.14. The van der Waals surface area contributed by atoms with E-state index >= 15 is 0 Å². The van der Waals surface area contributed by atoms with Gasteiger partial charge in [-0.1, -0.05) is 38.7 Å². The summed E-state index contributed by atoms with van der Waals surface area (Å²) in [5.41, 5.74) is 0. The number of hydrogen-bond donors (Lipinski definition) is 1. The number of aliphatic imine (C=N–C) groups is 1. The van der Waals surface area contributed by atoms with Crippen LogP contribution in [-0.2, 0) is 0 Å². The standard InChI is InChI=1S/C16H31N2O/c1-3-5-6-7-8-9-10-11-16-17-12-13-18(16,4-2)14-15-19/h10-11,19H,3-9,12-15H2,1-2H3/q+1/b11-10+. The van der Waals surface area contributed by atoms with Crippen LogP contribution in [0.25, 0.3) is 0 Å². The Bertz CT molecular complexity index is 299. The molecule has 1 rings (SSSR count). The van der Waals surface area contributed by atoms with Crippen LogP contribution in [0.4, 0.5) is 0 Å². The zero-order chi connectivity index (χ0) is 14.0. The lowest BCUT2D eigenvalue weighted by molar-refractivity contribution is -0.832. The van der Waals surface area contributed by atoms with E-state index < -0.39 is 0 Å². The van der Waals surface area contributed by atoms with E-state index in [1.54, 1.807) is 0 Å². The molecule has 0 aromatic rings. The smallest absolute Gasteiger partial charge is 0.222 e. The van der Waals surface area contributed by atoms with E-state index in [9.17, 15) is 5.11 Å². The number of aliphatic hydroxyl groups is 1. The van der Waals surface area contributed by atoms with Crippen molar-refractivity contribution in [1.29, 1.82) is 0 Å². The lowest BCUT2D eigenvalue weighted by Crippen LogP contribution is -2.51. The maximum atomic E-state index is 9.24. The molecule has 0 aromatic carbocycles. The van der Waals surface area contributed by atoms with Crippen LogP contribution >= 0.6 is 0 Å². The molecule has 3 heteroatoms. The van der Waals surface area contributed by atoms with Crippen LogP contribution in [-0.4, -0.2) is 48.2 Å². The quantitative estimate of drug-likeness (QED) is 0.478. The molecule has 0 bridgehead atoms. The van der Waals surface area contributed by atoms with Gasteiger partial charge in [0, 0.05) is 6.08 Å². The lowest BCUT2D eigenvalue weighted by Gasteiger charge is -2.31. The van der Waals surface area contributed by atoms with Crippen molar-refractivity contribution in [2.24, 2.45) is 4.99 Å². The van der Waals surface area contributed by atoms with E-state index in [4.69, 9.17) is 0 Å². The van der Waals surface area contributed by atoms with Crippen LogP contribution in [0.3, 0.4) is 0 Å². The van der Waals surface area contributed by atoms with Crippen molar-refractivity contribution in [2.45, 2.75) is 52.4 Å². The van der Waals surface area contributed by atoms with Crippen LogP contribution in [0.15, 0.2) is 17.1 Å². The largest absolute Gasteiger partial charge is 0.390 e. The fraction of sp³-hybridized carbons (Fsp3) is 0.812. The second kappa shape index (κ2) is 9.27. The minimum Gasteiger partial charge on any atom is -0.390 e. The van der Waals surface area contributed by atoms with Crippen molar-refractivity contribution in [3.63, 3.8) is 0 Å². The number of likely N-dealkylation sites (N-methyl/N-ethyl adjacent to an activating group) is 1. The van der Waals surface area contributed by atoms with Crippen LogP contribution in [0.1, 0.15) is 52.4 Å². The third-order valence-corrected chi connectivity index (χ3v) is 4.16. The first-order valence-electron chi connectivity index (χ1n) is 7.97. The number of hydrogen-bond acceptors (Lipinski definition) is 2. The molecule has 0 fully saturated rings. The minimum absolute atomic E-state index is 0.248. The summed E-state index contributed by atoms with van der Waals surface area (Å²) in [4.78, 5) is 4.62. The van der Waals surface area contributed by atoms with Gasteiger partial charge in [0.15, 0.2) is 0 Å². The molecule has 0 aliphatic carbocycles. The van der Waals surface area contributed by atoms with Gasteiger partial charge in [0.2, 0.25) is 5.84 Å². The first-order chi connectivity index (χ1) is 9.29. The lowest BCUT2D eigenvalue weighted by atomic mass is 10.1. The molecule has 1 aliphatic heterocycles. The fourth-order valence-electron chi connectivity index (χ4n) is 2.78. The van der Waals surface area contributed by atoms with Gasteiger partial charge in [-0.25, -0.2) is 4.99 Å². The van der Waals surface area contributed by atoms with Crippen LogP contribution < -0.4 is 0 Å². The number of amidine groups is 1. The number of unbranched alkanes of at least 4 members (excludes halogenated alkanes) is 5. The SMILES string of the molecule is CCCCCCC/C=C/C1=NCC[N+]1(CC)CCO. The molecule has 0 radical (unpaired) electrons. The van der Waals surface area contributed by atoms with Crippen molar-refractivity contribution in [2.75, 3.05) is 32.8 Å². The summed E-state index contributed by atoms with van der Waals surface area (Å²) in [5.74, 6) is 1.17. The molecule has 1 N–H and O–H groups in total. The van der Waals surface area contributed by atoms with Crippen molar-refractivity contribution >= 4 is 5.84 Å². The molecule has 0 spiro atoms. The van der Waals surface area contributed by atoms with Crippen molar-refractivity contribution in [3.05, 3.63) is 12.2 Å². The van der Waals surface area contributed by atoms with Crippen molar-refractivity contribution < 1.29 is 9.59 Å². The van der Waals surface area contributed by atoms with E-state index in [1.165, 1.54) is 37.9 Å². The summed E-state index contributed by atoms with van der Waals surface area (Å²) in [6.45, 7) is 8.47. The van der Waals surface area contributed by atoms with E-state index in [2.05, 4.69) is 31.0 Å². The molecule has 0 amide bonds. The molecule has 19 heavy (non-hydrogen) atoms. The number of aliphatic hydroxyl groups excluding tert-OH is 1. The molecule has 3 nitrogen and oxygen atoms in total. The number of rotatable bonds is 10.